The van der Waals surface area contributed by atoms with Gasteiger partial charge in [0.1, 0.15) is 0 Å². The average molecular weight is 130 g/mol. The van der Waals surface area contributed by atoms with Crippen LogP contribution in [0.25, 0.3) is 0 Å². The van der Waals surface area contributed by atoms with Crippen LogP contribution in [0.2, 0.25) is 0 Å². The highest BCUT2D eigenvalue weighted by Gasteiger charge is 1.99. The van der Waals surface area contributed by atoms with Gasteiger partial charge in [-0.3, -0.25) is 14.4 Å². The van der Waals surface area contributed by atoms with Crippen LogP contribution in [0.15, 0.2) is 0 Å². The number of aldehydes is 1. The van der Waals surface area contributed by atoms with Crippen molar-refractivity contribution in [3.8, 4) is 0 Å². The van der Waals surface area contributed by atoms with Crippen LogP contribution in [0.4, 0.5) is 0 Å². The Labute approximate surface area is 51.8 Å². The summed E-state index contributed by atoms with van der Waals surface area (Å²) < 4.78 is 4.17. The summed E-state index contributed by atoms with van der Waals surface area (Å²) in [6.07, 6.45) is 0.114. The summed E-state index contributed by atoms with van der Waals surface area (Å²) in [5.41, 5.74) is 0. The number of ether oxygens (including phenoxy) is 1. The molecule has 50 valence electrons. The molecule has 0 aliphatic heterocycles. The quantitative estimate of drug-likeness (QED) is 0.288. The second-order valence-electron chi connectivity index (χ2n) is 1.36. The molecule has 0 aliphatic rings. The number of Topliss-reactive ketones (excluding diaryl/α,β-unsaturated/α-hetero) is 1. The van der Waals surface area contributed by atoms with Crippen LogP contribution >= 0.6 is 0 Å². The summed E-state index contributed by atoms with van der Waals surface area (Å²) in [5.74, 6) is -1.30. The minimum atomic E-state index is -0.731. The molecule has 0 N–H and O–H groups in total. The molecule has 0 atom stereocenters. The van der Waals surface area contributed by atoms with Crippen LogP contribution in [0.1, 0.15) is 6.92 Å². The first kappa shape index (κ1) is 7.81. The number of hydrogen-bond donors (Lipinski definition) is 0. The topological polar surface area (TPSA) is 60.4 Å². The van der Waals surface area contributed by atoms with Gasteiger partial charge < -0.3 is 4.74 Å². The lowest BCUT2D eigenvalue weighted by molar-refractivity contribution is -0.146. The molecule has 4 heteroatoms. The Hall–Kier alpha value is -1.19. The molecule has 0 amide bonds. The number of carbonyl (C=O) groups excluding carboxylic acids is 3. The zero-order chi connectivity index (χ0) is 7.28. The number of ketones is 1. The van der Waals surface area contributed by atoms with Crippen molar-refractivity contribution in [2.75, 3.05) is 6.61 Å². The normalized spacial score (nSPS) is 8.11. The minimum Gasteiger partial charge on any atom is -0.457 e. The Bertz CT molecular complexity index is 138. The number of rotatable bonds is 3. The van der Waals surface area contributed by atoms with E-state index in [9.17, 15) is 14.4 Å². The minimum absolute atomic E-state index is 0.114. The molecule has 0 saturated carbocycles. The molecular weight excluding hydrogens is 124 g/mol. The fraction of sp³-hybridized carbons (Fsp3) is 0.400. The van der Waals surface area contributed by atoms with Gasteiger partial charge in [-0.25, -0.2) is 0 Å². The Morgan fingerprint density at radius 3 is 2.44 bits per heavy atom. The summed E-state index contributed by atoms with van der Waals surface area (Å²) in [4.78, 5) is 29.6. The van der Waals surface area contributed by atoms with Gasteiger partial charge in [0, 0.05) is 6.92 Å². The van der Waals surface area contributed by atoms with Crippen LogP contribution in [0.5, 0.6) is 0 Å². The third-order valence-electron chi connectivity index (χ3n) is 0.549. The van der Waals surface area contributed by atoms with E-state index in [0.717, 1.165) is 6.92 Å². The van der Waals surface area contributed by atoms with Crippen LogP contribution in [0, 0.1) is 0 Å². The van der Waals surface area contributed by atoms with Crippen molar-refractivity contribution in [1.82, 2.24) is 0 Å². The molecule has 0 aromatic carbocycles. The van der Waals surface area contributed by atoms with E-state index >= 15 is 0 Å². The van der Waals surface area contributed by atoms with Gasteiger partial charge in [0.15, 0.2) is 12.9 Å². The zero-order valence-corrected chi connectivity index (χ0v) is 4.92. The highest BCUT2D eigenvalue weighted by atomic mass is 16.5. The zero-order valence-electron chi connectivity index (χ0n) is 4.92. The fourth-order valence-electron chi connectivity index (χ4n) is 0.207. The monoisotopic (exact) mass is 130 g/mol. The SMILES string of the molecule is CC(=O)OCC(=O)C=O. The maximum Gasteiger partial charge on any atom is 0.303 e. The van der Waals surface area contributed by atoms with Gasteiger partial charge in [0.05, 0.1) is 0 Å². The third-order valence-corrected chi connectivity index (χ3v) is 0.549. The van der Waals surface area contributed by atoms with Crippen LogP contribution < -0.4 is 0 Å². The summed E-state index contributed by atoms with van der Waals surface area (Å²) in [6, 6.07) is 0. The van der Waals surface area contributed by atoms with Gasteiger partial charge in [-0.1, -0.05) is 0 Å². The molecule has 0 radical (unpaired) electrons. The predicted octanol–water partition coefficient (Wildman–Crippen LogP) is -0.683. The molecule has 0 rings (SSSR count). The smallest absolute Gasteiger partial charge is 0.303 e. The highest BCUT2D eigenvalue weighted by Crippen LogP contribution is 1.74. The average Bonchev–Trinajstić information content (AvgIpc) is 1.83. The number of esters is 1. The van der Waals surface area contributed by atoms with Crippen molar-refractivity contribution in [1.29, 1.82) is 0 Å². The van der Waals surface area contributed by atoms with E-state index in [1.54, 1.807) is 0 Å². The van der Waals surface area contributed by atoms with Gasteiger partial charge in [-0.2, -0.15) is 0 Å². The molecule has 4 nitrogen and oxygen atoms in total. The first-order valence-corrected chi connectivity index (χ1v) is 2.28. The summed E-state index contributed by atoms with van der Waals surface area (Å²) in [5, 5.41) is 0. The maximum absolute atomic E-state index is 10.1. The molecule has 0 bridgehead atoms. The molecule has 9 heavy (non-hydrogen) atoms. The Balaban J connectivity index is 3.39. The largest absolute Gasteiger partial charge is 0.457 e. The van der Waals surface area contributed by atoms with E-state index in [4.69, 9.17) is 0 Å². The van der Waals surface area contributed by atoms with Gasteiger partial charge in [0.2, 0.25) is 5.78 Å². The standard InChI is InChI=1S/C5H6O4/c1-4(7)9-3-5(8)2-6/h2H,3H2,1H3. The fourth-order valence-corrected chi connectivity index (χ4v) is 0.207. The second-order valence-corrected chi connectivity index (χ2v) is 1.36. The van der Waals surface area contributed by atoms with Gasteiger partial charge in [-0.05, 0) is 0 Å². The molecule has 0 aromatic rings. The van der Waals surface area contributed by atoms with E-state index in [-0.39, 0.29) is 6.29 Å². The van der Waals surface area contributed by atoms with Gasteiger partial charge in [-0.15, -0.1) is 0 Å². The lowest BCUT2D eigenvalue weighted by atomic mass is 10.5. The third kappa shape index (κ3) is 4.67. The predicted molar refractivity (Wildman–Crippen MR) is 27.7 cm³/mol. The second kappa shape index (κ2) is 3.77. The van der Waals surface area contributed by atoms with Crippen molar-refractivity contribution < 1.29 is 19.1 Å². The Morgan fingerprint density at radius 1 is 1.56 bits per heavy atom. The molecular formula is C5H6O4. The molecule has 0 saturated heterocycles. The van der Waals surface area contributed by atoms with Crippen molar-refractivity contribution in [2.24, 2.45) is 0 Å². The van der Waals surface area contributed by atoms with Crippen LogP contribution in [0.3, 0.4) is 0 Å². The summed E-state index contributed by atoms with van der Waals surface area (Å²) >= 11 is 0. The van der Waals surface area contributed by atoms with Gasteiger partial charge in [0.25, 0.3) is 0 Å². The van der Waals surface area contributed by atoms with Crippen molar-refractivity contribution in [2.45, 2.75) is 6.92 Å². The lowest BCUT2D eigenvalue weighted by Crippen LogP contribution is -2.11. The summed E-state index contributed by atoms with van der Waals surface area (Å²) in [6.45, 7) is 0.719. The summed E-state index contributed by atoms with van der Waals surface area (Å²) in [7, 11) is 0. The van der Waals surface area contributed by atoms with Crippen molar-refractivity contribution >= 4 is 18.0 Å². The molecule has 0 unspecified atom stereocenters. The van der Waals surface area contributed by atoms with Crippen molar-refractivity contribution in [3.05, 3.63) is 0 Å². The van der Waals surface area contributed by atoms with Crippen LogP contribution in [-0.4, -0.2) is 24.6 Å². The molecule has 0 fully saturated rings. The van der Waals surface area contributed by atoms with E-state index in [1.807, 2.05) is 0 Å². The lowest BCUT2D eigenvalue weighted by Gasteiger charge is -1.92. The Morgan fingerprint density at radius 2 is 2.11 bits per heavy atom. The molecule has 0 heterocycles. The van der Waals surface area contributed by atoms with Crippen LogP contribution in [-0.2, 0) is 19.1 Å². The first-order valence-electron chi connectivity index (χ1n) is 2.28. The molecule has 0 aromatic heterocycles. The number of carbonyl (C=O) groups is 3. The molecule has 0 spiro atoms. The van der Waals surface area contributed by atoms with Gasteiger partial charge >= 0.3 is 5.97 Å². The van der Waals surface area contributed by atoms with Crippen molar-refractivity contribution in [3.63, 3.8) is 0 Å². The number of hydrogen-bond acceptors (Lipinski definition) is 4. The van der Waals surface area contributed by atoms with E-state index in [2.05, 4.69) is 4.74 Å². The Kier molecular flexibility index (Phi) is 3.27. The molecule has 0 aliphatic carbocycles. The van der Waals surface area contributed by atoms with E-state index in [0.29, 0.717) is 0 Å². The first-order chi connectivity index (χ1) is 4.16. The van der Waals surface area contributed by atoms with E-state index < -0.39 is 18.4 Å². The highest BCUT2D eigenvalue weighted by molar-refractivity contribution is 6.25. The maximum atomic E-state index is 10.1. The van der Waals surface area contributed by atoms with E-state index in [1.165, 1.54) is 0 Å².